The van der Waals surface area contributed by atoms with Crippen molar-refractivity contribution in [3.05, 3.63) is 89.8 Å². The maximum Gasteiger partial charge on any atom is 0.416 e. The van der Waals surface area contributed by atoms with Crippen LogP contribution in [0.2, 0.25) is 0 Å². The number of allylic oxidation sites excluding steroid dienone is 5. The Labute approximate surface area is 195 Å². The largest absolute Gasteiger partial charge is 0.461 e. The first kappa shape index (κ1) is 24.5. The highest BCUT2D eigenvalue weighted by Gasteiger charge is 2.30. The van der Waals surface area contributed by atoms with Crippen LogP contribution < -0.4 is 10.1 Å². The number of pyridine rings is 1. The average Bonchev–Trinajstić information content (AvgIpc) is 3.27. The van der Waals surface area contributed by atoms with Crippen LogP contribution in [0.25, 0.3) is 17.7 Å². The molecule has 6 nitrogen and oxygen atoms in total. The van der Waals surface area contributed by atoms with E-state index in [4.69, 9.17) is 9.15 Å². The molecule has 2 aromatic heterocycles. The fourth-order valence-electron chi connectivity index (χ4n) is 2.91. The molecule has 9 heteroatoms. The molecule has 0 saturated carbocycles. The summed E-state index contributed by atoms with van der Waals surface area (Å²) in [5, 5.41) is 10.5. The molecule has 0 bridgehead atoms. The molecule has 0 fully saturated rings. The summed E-state index contributed by atoms with van der Waals surface area (Å²) < 4.78 is 50.2. The van der Waals surface area contributed by atoms with E-state index in [2.05, 4.69) is 27.1 Å². The molecule has 176 valence electrons. The Hall–Kier alpha value is -4.14. The summed E-state index contributed by atoms with van der Waals surface area (Å²) in [5.74, 6) is 1.45. The van der Waals surface area contributed by atoms with E-state index in [0.29, 0.717) is 22.8 Å². The standard InChI is InChI=1S/C25H23F3N4O2/c1-5-8-20-21(6-2)29-14-13-22(20)33-17(4)12-11-16(3)23-31-32-24(34-23)30-19-10-7-9-18(15-19)25(26,27)28/h5-15H,2H2,1,3-4H3,(H,30,32). The highest BCUT2D eigenvalue weighted by Crippen LogP contribution is 2.31. The molecule has 1 aromatic carbocycles. The van der Waals surface area contributed by atoms with E-state index >= 15 is 0 Å². The van der Waals surface area contributed by atoms with E-state index in [-0.39, 0.29) is 17.6 Å². The maximum atomic E-state index is 12.9. The lowest BCUT2D eigenvalue weighted by atomic mass is 10.1. The highest BCUT2D eigenvalue weighted by molar-refractivity contribution is 5.67. The molecule has 0 aliphatic heterocycles. The lowest BCUT2D eigenvalue weighted by molar-refractivity contribution is -0.137. The summed E-state index contributed by atoms with van der Waals surface area (Å²) >= 11 is 0. The number of ether oxygens (including phenoxy) is 1. The Bertz CT molecular complexity index is 1260. The van der Waals surface area contributed by atoms with Crippen molar-refractivity contribution in [1.82, 2.24) is 15.2 Å². The quantitative estimate of drug-likeness (QED) is 0.276. The average molecular weight is 468 g/mol. The van der Waals surface area contributed by atoms with Gasteiger partial charge in [0.2, 0.25) is 5.89 Å². The molecule has 1 N–H and O–H groups in total. The number of alkyl halides is 3. The SMILES string of the molecule is C=Cc1nccc(OC(C)=CC=C(C)c2nnc(Nc3cccc(C(F)(F)F)c3)o2)c1C=CC. The van der Waals surface area contributed by atoms with Crippen molar-refractivity contribution in [2.45, 2.75) is 26.9 Å². The van der Waals surface area contributed by atoms with Crippen molar-refractivity contribution in [3.8, 4) is 5.75 Å². The van der Waals surface area contributed by atoms with Crippen molar-refractivity contribution in [1.29, 1.82) is 0 Å². The smallest absolute Gasteiger partial charge is 0.416 e. The van der Waals surface area contributed by atoms with Gasteiger partial charge in [-0.15, -0.1) is 5.10 Å². The molecule has 0 unspecified atom stereocenters. The lowest BCUT2D eigenvalue weighted by Gasteiger charge is -2.10. The molecule has 0 atom stereocenters. The number of halogens is 3. The second-order valence-electron chi connectivity index (χ2n) is 7.16. The number of hydrogen-bond acceptors (Lipinski definition) is 6. The number of anilines is 2. The van der Waals surface area contributed by atoms with Gasteiger partial charge < -0.3 is 14.5 Å². The van der Waals surface area contributed by atoms with Crippen LogP contribution in [-0.2, 0) is 6.18 Å². The molecule has 3 aromatic rings. The molecular weight excluding hydrogens is 445 g/mol. The van der Waals surface area contributed by atoms with E-state index in [0.717, 1.165) is 17.7 Å². The first-order valence-electron chi connectivity index (χ1n) is 10.3. The topological polar surface area (TPSA) is 73.1 Å². The Morgan fingerprint density at radius 3 is 2.65 bits per heavy atom. The van der Waals surface area contributed by atoms with Crippen molar-refractivity contribution in [2.75, 3.05) is 5.32 Å². The number of hydrogen-bond donors (Lipinski definition) is 1. The van der Waals surface area contributed by atoms with Gasteiger partial charge in [-0.25, -0.2) is 0 Å². The van der Waals surface area contributed by atoms with Crippen LogP contribution in [0, 0.1) is 0 Å². The van der Waals surface area contributed by atoms with Crippen molar-refractivity contribution >= 4 is 29.4 Å². The van der Waals surface area contributed by atoms with Crippen LogP contribution in [0.1, 0.15) is 43.5 Å². The Kier molecular flexibility index (Phi) is 7.68. The predicted octanol–water partition coefficient (Wildman–Crippen LogP) is 7.29. The molecule has 0 spiro atoms. The molecule has 0 aliphatic carbocycles. The van der Waals surface area contributed by atoms with E-state index in [1.807, 2.05) is 19.1 Å². The summed E-state index contributed by atoms with van der Waals surface area (Å²) in [7, 11) is 0. The van der Waals surface area contributed by atoms with Crippen LogP contribution in [0.5, 0.6) is 5.75 Å². The summed E-state index contributed by atoms with van der Waals surface area (Å²) in [6, 6.07) is 6.46. The third-order valence-electron chi connectivity index (χ3n) is 4.55. The number of aromatic nitrogens is 3. The van der Waals surface area contributed by atoms with Crippen molar-refractivity contribution in [2.24, 2.45) is 0 Å². The molecule has 3 rings (SSSR count). The minimum absolute atomic E-state index is 0.0243. The highest BCUT2D eigenvalue weighted by atomic mass is 19.4. The van der Waals surface area contributed by atoms with Gasteiger partial charge in [-0.2, -0.15) is 13.2 Å². The molecule has 0 radical (unpaired) electrons. The van der Waals surface area contributed by atoms with E-state index in [9.17, 15) is 13.2 Å². The van der Waals surface area contributed by atoms with Gasteiger partial charge in [-0.3, -0.25) is 4.98 Å². The minimum atomic E-state index is -4.44. The van der Waals surface area contributed by atoms with Crippen LogP contribution in [0.15, 0.2) is 71.5 Å². The van der Waals surface area contributed by atoms with Crippen molar-refractivity contribution in [3.63, 3.8) is 0 Å². The molecular formula is C25H23F3N4O2. The summed E-state index contributed by atoms with van der Waals surface area (Å²) in [6.07, 6.45) is 6.12. The van der Waals surface area contributed by atoms with E-state index in [1.54, 1.807) is 44.3 Å². The van der Waals surface area contributed by atoms with Gasteiger partial charge >= 0.3 is 12.2 Å². The first-order chi connectivity index (χ1) is 16.2. The molecule has 2 heterocycles. The number of rotatable bonds is 8. The maximum absolute atomic E-state index is 12.9. The van der Waals surface area contributed by atoms with Gasteiger partial charge in [0, 0.05) is 23.0 Å². The zero-order chi connectivity index (χ0) is 24.7. The van der Waals surface area contributed by atoms with E-state index < -0.39 is 11.7 Å². The van der Waals surface area contributed by atoms with Gasteiger partial charge in [0.15, 0.2) is 0 Å². The molecule has 34 heavy (non-hydrogen) atoms. The van der Waals surface area contributed by atoms with Crippen LogP contribution in [0.4, 0.5) is 24.9 Å². The van der Waals surface area contributed by atoms with E-state index in [1.165, 1.54) is 12.1 Å². The number of nitrogens with zero attached hydrogens (tertiary/aromatic N) is 3. The third-order valence-corrected chi connectivity index (χ3v) is 4.55. The zero-order valence-corrected chi connectivity index (χ0v) is 18.8. The molecule has 0 aliphatic rings. The first-order valence-corrected chi connectivity index (χ1v) is 10.3. The van der Waals surface area contributed by atoms with Crippen LogP contribution in [-0.4, -0.2) is 15.2 Å². The molecule has 0 saturated heterocycles. The summed E-state index contributed by atoms with van der Waals surface area (Å²) in [6.45, 7) is 9.24. The minimum Gasteiger partial charge on any atom is -0.461 e. The number of nitrogens with one attached hydrogen (secondary N) is 1. The van der Waals surface area contributed by atoms with Gasteiger partial charge in [-0.05, 0) is 57.2 Å². The van der Waals surface area contributed by atoms with Gasteiger partial charge in [-0.1, -0.05) is 36.0 Å². The summed E-state index contributed by atoms with van der Waals surface area (Å²) in [4.78, 5) is 4.28. The fourth-order valence-corrected chi connectivity index (χ4v) is 2.91. The van der Waals surface area contributed by atoms with Crippen LogP contribution in [0.3, 0.4) is 0 Å². The van der Waals surface area contributed by atoms with Crippen LogP contribution >= 0.6 is 0 Å². The lowest BCUT2D eigenvalue weighted by Crippen LogP contribution is -2.05. The van der Waals surface area contributed by atoms with Gasteiger partial charge in [0.1, 0.15) is 11.5 Å². The van der Waals surface area contributed by atoms with Crippen molar-refractivity contribution < 1.29 is 22.3 Å². The summed E-state index contributed by atoms with van der Waals surface area (Å²) in [5.41, 5.74) is 1.57. The third kappa shape index (κ3) is 6.22. The Morgan fingerprint density at radius 1 is 1.15 bits per heavy atom. The monoisotopic (exact) mass is 468 g/mol. The normalized spacial score (nSPS) is 12.8. The number of benzene rings is 1. The van der Waals surface area contributed by atoms with Gasteiger partial charge in [0.05, 0.1) is 11.3 Å². The Morgan fingerprint density at radius 2 is 1.94 bits per heavy atom. The Balaban J connectivity index is 1.73. The fraction of sp³-hybridized carbons (Fsp3) is 0.160. The zero-order valence-electron chi connectivity index (χ0n) is 18.8. The predicted molar refractivity (Wildman–Crippen MR) is 126 cm³/mol. The van der Waals surface area contributed by atoms with Gasteiger partial charge in [0.25, 0.3) is 0 Å². The molecule has 0 amide bonds. The second-order valence-corrected chi connectivity index (χ2v) is 7.16. The second kappa shape index (κ2) is 10.7.